The molecule has 4 aromatic rings. The number of fused-ring (bicyclic) bond motifs is 2. The van der Waals surface area contributed by atoms with Crippen LogP contribution in [0.4, 0.5) is 11.4 Å². The van der Waals surface area contributed by atoms with Crippen molar-refractivity contribution < 1.29 is 23.7 Å². The molecule has 0 spiro atoms. The molecule has 10 nitrogen and oxygen atoms in total. The summed E-state index contributed by atoms with van der Waals surface area (Å²) in [4.78, 5) is 54.4. The molecule has 33 heavy (non-hydrogen) atoms. The predicted octanol–water partition coefficient (Wildman–Crippen LogP) is 3.57. The van der Waals surface area contributed by atoms with Gasteiger partial charge in [-0.3, -0.25) is 19.7 Å². The second kappa shape index (κ2) is 7.38. The van der Waals surface area contributed by atoms with E-state index >= 15 is 0 Å². The fourth-order valence-corrected chi connectivity index (χ4v) is 3.70. The molecule has 5 rings (SSSR count). The number of aromatic nitrogens is 1. The summed E-state index contributed by atoms with van der Waals surface area (Å²) in [5.74, 6) is -1.25. The van der Waals surface area contributed by atoms with Crippen LogP contribution < -0.4 is 15.3 Å². The first kappa shape index (κ1) is 20.1. The van der Waals surface area contributed by atoms with Crippen molar-refractivity contribution in [1.82, 2.24) is 4.98 Å². The second-order valence-electron chi connectivity index (χ2n) is 7.14. The summed E-state index contributed by atoms with van der Waals surface area (Å²) in [6.07, 6.45) is 0. The molecule has 0 atom stereocenters. The number of amides is 2. The minimum atomic E-state index is -0.753. The van der Waals surface area contributed by atoms with E-state index in [1.54, 1.807) is 24.3 Å². The van der Waals surface area contributed by atoms with Crippen molar-refractivity contribution in [2.45, 2.75) is 0 Å². The number of anilines is 1. The summed E-state index contributed by atoms with van der Waals surface area (Å²) in [5.41, 5.74) is -0.432. The summed E-state index contributed by atoms with van der Waals surface area (Å²) in [6, 6.07) is 14.7. The van der Waals surface area contributed by atoms with Crippen molar-refractivity contribution in [2.75, 3.05) is 12.0 Å². The van der Waals surface area contributed by atoms with E-state index < -0.39 is 28.1 Å². The molecule has 1 aliphatic rings. The highest BCUT2D eigenvalue weighted by molar-refractivity contribution is 6.35. The van der Waals surface area contributed by atoms with Gasteiger partial charge in [-0.1, -0.05) is 12.1 Å². The highest BCUT2D eigenvalue weighted by Gasteiger charge is 2.40. The molecule has 0 saturated carbocycles. The maximum atomic E-state index is 13.2. The van der Waals surface area contributed by atoms with Crippen molar-refractivity contribution >= 4 is 34.1 Å². The molecule has 0 bridgehead atoms. The van der Waals surface area contributed by atoms with Crippen LogP contribution in [0, 0.1) is 10.1 Å². The Kier molecular flexibility index (Phi) is 4.49. The van der Waals surface area contributed by atoms with Crippen LogP contribution in [0.15, 0.2) is 69.9 Å². The smallest absolute Gasteiger partial charge is 0.347 e. The van der Waals surface area contributed by atoms with Gasteiger partial charge < -0.3 is 9.15 Å². The number of hydrogen-bond acceptors (Lipinski definition) is 8. The number of rotatable bonds is 4. The van der Waals surface area contributed by atoms with E-state index in [0.29, 0.717) is 16.5 Å². The fourth-order valence-electron chi connectivity index (χ4n) is 3.70. The Morgan fingerprint density at radius 3 is 2.48 bits per heavy atom. The first-order chi connectivity index (χ1) is 15.9. The molecular formula is C23H13N3O7. The highest BCUT2D eigenvalue weighted by atomic mass is 16.6. The molecular weight excluding hydrogens is 430 g/mol. The van der Waals surface area contributed by atoms with Gasteiger partial charge in [-0.05, 0) is 36.4 Å². The monoisotopic (exact) mass is 443 g/mol. The minimum Gasteiger partial charge on any atom is -0.497 e. The standard InChI is InChI=1S/C23H13N3O7/c1-32-13-7-9-18(26(30)31)19(11-13)25-21(27)14-8-6-12(10-16(14)22(25)28)20-24-17-5-3-2-4-15(17)23(29)33-20/h2-11H,1H3. The summed E-state index contributed by atoms with van der Waals surface area (Å²) in [5, 5.41) is 11.8. The Labute approximate surface area is 184 Å². The van der Waals surface area contributed by atoms with Crippen LogP contribution in [0.3, 0.4) is 0 Å². The number of imide groups is 1. The largest absolute Gasteiger partial charge is 0.497 e. The third-order valence-corrected chi connectivity index (χ3v) is 5.29. The minimum absolute atomic E-state index is 0.00669. The van der Waals surface area contributed by atoms with Gasteiger partial charge in [0.1, 0.15) is 11.4 Å². The molecule has 2 heterocycles. The average Bonchev–Trinajstić information content (AvgIpc) is 3.07. The van der Waals surface area contributed by atoms with E-state index in [2.05, 4.69) is 4.98 Å². The number of nitro benzene ring substituents is 1. The van der Waals surface area contributed by atoms with E-state index in [1.165, 1.54) is 37.4 Å². The van der Waals surface area contributed by atoms with Crippen LogP contribution in [0.2, 0.25) is 0 Å². The van der Waals surface area contributed by atoms with Crippen molar-refractivity contribution in [3.8, 4) is 17.2 Å². The first-order valence-electron chi connectivity index (χ1n) is 9.64. The molecule has 0 saturated heterocycles. The lowest BCUT2D eigenvalue weighted by Gasteiger charge is -2.14. The molecule has 1 aromatic heterocycles. The van der Waals surface area contributed by atoms with Gasteiger partial charge in [-0.15, -0.1) is 0 Å². The van der Waals surface area contributed by atoms with Gasteiger partial charge in [0.2, 0.25) is 5.89 Å². The van der Waals surface area contributed by atoms with Crippen LogP contribution in [0.1, 0.15) is 20.7 Å². The van der Waals surface area contributed by atoms with Gasteiger partial charge in [0, 0.05) is 17.7 Å². The van der Waals surface area contributed by atoms with E-state index in [1.807, 2.05) is 0 Å². The molecule has 0 fully saturated rings. The Morgan fingerprint density at radius 1 is 0.970 bits per heavy atom. The molecule has 0 aliphatic carbocycles. The van der Waals surface area contributed by atoms with Gasteiger partial charge in [-0.25, -0.2) is 14.7 Å². The Hall–Kier alpha value is -4.86. The fraction of sp³-hybridized carbons (Fsp3) is 0.0435. The quantitative estimate of drug-likeness (QED) is 0.266. The van der Waals surface area contributed by atoms with Gasteiger partial charge in [0.25, 0.3) is 17.5 Å². The summed E-state index contributed by atoms with van der Waals surface area (Å²) in [7, 11) is 1.37. The van der Waals surface area contributed by atoms with Crippen molar-refractivity contribution in [3.05, 3.63) is 92.3 Å². The average molecular weight is 443 g/mol. The van der Waals surface area contributed by atoms with E-state index in [-0.39, 0.29) is 28.5 Å². The molecule has 0 N–H and O–H groups in total. The molecule has 10 heteroatoms. The molecule has 0 unspecified atom stereocenters. The molecule has 162 valence electrons. The lowest BCUT2D eigenvalue weighted by molar-refractivity contribution is -0.384. The number of benzene rings is 3. The van der Waals surface area contributed by atoms with Crippen LogP contribution in [0.5, 0.6) is 5.75 Å². The highest BCUT2D eigenvalue weighted by Crippen LogP contribution is 2.38. The third-order valence-electron chi connectivity index (χ3n) is 5.29. The first-order valence-corrected chi connectivity index (χ1v) is 9.64. The number of nitrogens with zero attached hydrogens (tertiary/aromatic N) is 3. The number of nitro groups is 1. The number of ether oxygens (including phenoxy) is 1. The van der Waals surface area contributed by atoms with E-state index in [0.717, 1.165) is 11.0 Å². The molecule has 1 aliphatic heterocycles. The summed E-state index contributed by atoms with van der Waals surface area (Å²) < 4.78 is 10.4. The number of methoxy groups -OCH3 is 1. The number of para-hydroxylation sites is 1. The zero-order valence-electron chi connectivity index (χ0n) is 17.0. The third kappa shape index (κ3) is 3.12. The Balaban J connectivity index is 1.62. The molecule has 2 amide bonds. The zero-order valence-corrected chi connectivity index (χ0v) is 17.0. The van der Waals surface area contributed by atoms with Crippen molar-refractivity contribution in [2.24, 2.45) is 0 Å². The van der Waals surface area contributed by atoms with Crippen LogP contribution in [-0.4, -0.2) is 28.8 Å². The number of carbonyl (C=O) groups is 2. The lowest BCUT2D eigenvalue weighted by Crippen LogP contribution is -2.30. The predicted molar refractivity (Wildman–Crippen MR) is 117 cm³/mol. The Bertz CT molecular complexity index is 1560. The Morgan fingerprint density at radius 2 is 1.73 bits per heavy atom. The molecule has 0 radical (unpaired) electrons. The maximum Gasteiger partial charge on any atom is 0.347 e. The zero-order chi connectivity index (χ0) is 23.3. The maximum absolute atomic E-state index is 13.2. The van der Waals surface area contributed by atoms with Crippen molar-refractivity contribution in [3.63, 3.8) is 0 Å². The SMILES string of the molecule is COc1ccc([N+](=O)[O-])c(N2C(=O)c3ccc(-c4nc5ccccc5c(=O)o4)cc3C2=O)c1. The van der Waals surface area contributed by atoms with Gasteiger partial charge in [0.15, 0.2) is 0 Å². The normalized spacial score (nSPS) is 12.8. The second-order valence-corrected chi connectivity index (χ2v) is 7.14. The number of carbonyl (C=O) groups excluding carboxylic acids is 2. The lowest BCUT2D eigenvalue weighted by atomic mass is 10.1. The van der Waals surface area contributed by atoms with Crippen LogP contribution in [-0.2, 0) is 0 Å². The topological polar surface area (TPSA) is 133 Å². The van der Waals surface area contributed by atoms with E-state index in [9.17, 15) is 24.5 Å². The van der Waals surface area contributed by atoms with E-state index in [4.69, 9.17) is 9.15 Å². The van der Waals surface area contributed by atoms with Gasteiger partial charge in [0.05, 0.1) is 34.1 Å². The number of hydrogen-bond donors (Lipinski definition) is 0. The molecule has 3 aromatic carbocycles. The van der Waals surface area contributed by atoms with Gasteiger partial charge >= 0.3 is 5.63 Å². The summed E-state index contributed by atoms with van der Waals surface area (Å²) in [6.45, 7) is 0. The van der Waals surface area contributed by atoms with Crippen molar-refractivity contribution in [1.29, 1.82) is 0 Å². The van der Waals surface area contributed by atoms with Crippen LogP contribution >= 0.6 is 0 Å². The summed E-state index contributed by atoms with van der Waals surface area (Å²) >= 11 is 0. The van der Waals surface area contributed by atoms with Gasteiger partial charge in [-0.2, -0.15) is 0 Å². The van der Waals surface area contributed by atoms with Crippen LogP contribution in [0.25, 0.3) is 22.4 Å².